The first-order valence-corrected chi connectivity index (χ1v) is 8.98. The van der Waals surface area contributed by atoms with Crippen molar-refractivity contribution in [2.24, 2.45) is 0 Å². The Hall–Kier alpha value is -2.22. The van der Waals surface area contributed by atoms with Crippen LogP contribution in [0.15, 0.2) is 16.9 Å². The molecule has 0 aromatic carbocycles. The van der Waals surface area contributed by atoms with Crippen molar-refractivity contribution in [3.05, 3.63) is 23.1 Å². The van der Waals surface area contributed by atoms with Crippen molar-refractivity contribution in [1.29, 1.82) is 0 Å². The van der Waals surface area contributed by atoms with E-state index >= 15 is 0 Å². The van der Waals surface area contributed by atoms with Gasteiger partial charge in [0.05, 0.1) is 5.39 Å². The average molecular weight is 344 g/mol. The molecule has 1 saturated heterocycles. The maximum atomic E-state index is 5.40. The Kier molecular flexibility index (Phi) is 3.84. The van der Waals surface area contributed by atoms with Crippen molar-refractivity contribution in [3.8, 4) is 0 Å². The van der Waals surface area contributed by atoms with E-state index in [0.717, 1.165) is 48.0 Å². The predicted molar refractivity (Wildman–Crippen MR) is 95.0 cm³/mol. The summed E-state index contributed by atoms with van der Waals surface area (Å²) < 4.78 is 5.40. The fourth-order valence-electron chi connectivity index (χ4n) is 2.91. The highest BCUT2D eigenvalue weighted by Gasteiger charge is 2.24. The van der Waals surface area contributed by atoms with Gasteiger partial charge in [-0.25, -0.2) is 9.97 Å². The van der Waals surface area contributed by atoms with Crippen LogP contribution in [0.25, 0.3) is 10.2 Å². The van der Waals surface area contributed by atoms with E-state index in [-0.39, 0.29) is 5.92 Å². The molecule has 3 aromatic heterocycles. The number of aryl methyl sites for hydroxylation is 1. The molecule has 1 aliphatic rings. The highest BCUT2D eigenvalue weighted by atomic mass is 32.1. The highest BCUT2D eigenvalue weighted by molar-refractivity contribution is 7.18. The van der Waals surface area contributed by atoms with Crippen molar-refractivity contribution in [3.63, 3.8) is 0 Å². The third kappa shape index (κ3) is 2.71. The lowest BCUT2D eigenvalue weighted by atomic mass is 10.2. The highest BCUT2D eigenvalue weighted by Crippen LogP contribution is 2.30. The molecule has 0 N–H and O–H groups in total. The first kappa shape index (κ1) is 15.3. The van der Waals surface area contributed by atoms with Crippen LogP contribution in [0.5, 0.6) is 0 Å². The fraction of sp³-hybridized carbons (Fsp3) is 0.500. The number of piperazine rings is 1. The predicted octanol–water partition coefficient (Wildman–Crippen LogP) is 2.83. The van der Waals surface area contributed by atoms with E-state index in [4.69, 9.17) is 4.52 Å². The molecule has 7 nitrogen and oxygen atoms in total. The zero-order chi connectivity index (χ0) is 16.7. The molecule has 4 heterocycles. The lowest BCUT2D eigenvalue weighted by Crippen LogP contribution is -2.47. The minimum atomic E-state index is 0.278. The number of anilines is 2. The standard InChI is InChI=1S/C16H20N6OS/c1-10(2)13-19-16(23-20-13)22-6-4-21(5-7-22)14-12-8-11(3)24-15(12)18-9-17-14/h8-10H,4-7H2,1-3H3. The summed E-state index contributed by atoms with van der Waals surface area (Å²) in [6.07, 6.45) is 1.66. The monoisotopic (exact) mass is 344 g/mol. The molecule has 0 amide bonds. The number of aromatic nitrogens is 4. The van der Waals surface area contributed by atoms with Gasteiger partial charge < -0.3 is 14.3 Å². The van der Waals surface area contributed by atoms with Crippen LogP contribution in [0.1, 0.15) is 30.5 Å². The molecule has 0 unspecified atom stereocenters. The number of fused-ring (bicyclic) bond motifs is 1. The summed E-state index contributed by atoms with van der Waals surface area (Å²) in [5, 5.41) is 5.20. The number of rotatable bonds is 3. The fourth-order valence-corrected chi connectivity index (χ4v) is 3.76. The summed E-state index contributed by atoms with van der Waals surface area (Å²) in [5.41, 5.74) is 0. The quantitative estimate of drug-likeness (QED) is 0.723. The van der Waals surface area contributed by atoms with Gasteiger partial charge in [0.25, 0.3) is 0 Å². The molecule has 0 saturated carbocycles. The molecule has 4 rings (SSSR count). The van der Waals surface area contributed by atoms with Crippen molar-refractivity contribution >= 4 is 33.4 Å². The van der Waals surface area contributed by atoms with Gasteiger partial charge >= 0.3 is 6.01 Å². The molecule has 0 aliphatic carbocycles. The van der Waals surface area contributed by atoms with Crippen LogP contribution >= 0.6 is 11.3 Å². The van der Waals surface area contributed by atoms with E-state index in [1.807, 2.05) is 0 Å². The van der Waals surface area contributed by atoms with Crippen LogP contribution in [-0.4, -0.2) is 46.3 Å². The van der Waals surface area contributed by atoms with Gasteiger partial charge in [-0.05, 0) is 13.0 Å². The Bertz CT molecular complexity index is 849. The number of hydrogen-bond acceptors (Lipinski definition) is 8. The molecule has 1 fully saturated rings. The summed E-state index contributed by atoms with van der Waals surface area (Å²) in [5.74, 6) is 2.07. The topological polar surface area (TPSA) is 71.2 Å². The Labute approximate surface area is 144 Å². The third-order valence-corrected chi connectivity index (χ3v) is 5.19. The van der Waals surface area contributed by atoms with E-state index in [1.165, 1.54) is 4.88 Å². The maximum absolute atomic E-state index is 5.40. The van der Waals surface area contributed by atoms with Gasteiger partial charge in [0.2, 0.25) is 0 Å². The van der Waals surface area contributed by atoms with Crippen LogP contribution < -0.4 is 9.80 Å². The number of hydrogen-bond donors (Lipinski definition) is 0. The minimum absolute atomic E-state index is 0.278. The van der Waals surface area contributed by atoms with Crippen molar-refractivity contribution < 1.29 is 4.52 Å². The van der Waals surface area contributed by atoms with E-state index in [1.54, 1.807) is 17.7 Å². The van der Waals surface area contributed by atoms with Crippen LogP contribution in [0.3, 0.4) is 0 Å². The van der Waals surface area contributed by atoms with Crippen LogP contribution in [0.2, 0.25) is 0 Å². The average Bonchev–Trinajstić information content (AvgIpc) is 3.20. The van der Waals surface area contributed by atoms with Gasteiger partial charge in [-0.2, -0.15) is 4.98 Å². The van der Waals surface area contributed by atoms with E-state index in [9.17, 15) is 0 Å². The molecule has 1 aliphatic heterocycles. The maximum Gasteiger partial charge on any atom is 0.324 e. The van der Waals surface area contributed by atoms with Gasteiger partial charge in [-0.3, -0.25) is 0 Å². The first-order chi connectivity index (χ1) is 11.6. The Morgan fingerprint density at radius 2 is 1.88 bits per heavy atom. The van der Waals surface area contributed by atoms with Gasteiger partial charge in [-0.1, -0.05) is 19.0 Å². The third-order valence-electron chi connectivity index (χ3n) is 4.23. The van der Waals surface area contributed by atoms with Crippen LogP contribution in [-0.2, 0) is 0 Å². The summed E-state index contributed by atoms with van der Waals surface area (Å²) in [6.45, 7) is 9.67. The molecule has 0 atom stereocenters. The molecule has 0 bridgehead atoms. The first-order valence-electron chi connectivity index (χ1n) is 8.16. The van der Waals surface area contributed by atoms with Gasteiger partial charge in [0.15, 0.2) is 5.82 Å². The minimum Gasteiger partial charge on any atom is -0.352 e. The van der Waals surface area contributed by atoms with E-state index in [0.29, 0.717) is 6.01 Å². The largest absolute Gasteiger partial charge is 0.352 e. The van der Waals surface area contributed by atoms with Crippen molar-refractivity contribution in [2.75, 3.05) is 36.0 Å². The Morgan fingerprint density at radius 3 is 2.58 bits per heavy atom. The van der Waals surface area contributed by atoms with Crippen molar-refractivity contribution in [1.82, 2.24) is 20.1 Å². The van der Waals surface area contributed by atoms with Crippen molar-refractivity contribution in [2.45, 2.75) is 26.7 Å². The second-order valence-corrected chi connectivity index (χ2v) is 7.57. The molecule has 126 valence electrons. The second-order valence-electron chi connectivity index (χ2n) is 6.34. The summed E-state index contributed by atoms with van der Waals surface area (Å²) >= 11 is 1.71. The second kappa shape index (κ2) is 6.01. The molecule has 0 radical (unpaired) electrons. The van der Waals surface area contributed by atoms with E-state index in [2.05, 4.69) is 56.7 Å². The number of thiophene rings is 1. The molecule has 8 heteroatoms. The van der Waals surface area contributed by atoms with Gasteiger partial charge in [0, 0.05) is 37.0 Å². The van der Waals surface area contributed by atoms with Gasteiger partial charge in [0.1, 0.15) is 17.0 Å². The molecule has 0 spiro atoms. The molecular formula is C16H20N6OS. The number of nitrogens with zero attached hydrogens (tertiary/aromatic N) is 6. The van der Waals surface area contributed by atoms with Crippen LogP contribution in [0.4, 0.5) is 11.8 Å². The summed E-state index contributed by atoms with van der Waals surface area (Å²) in [4.78, 5) is 20.2. The van der Waals surface area contributed by atoms with Gasteiger partial charge in [-0.15, -0.1) is 11.3 Å². The van der Waals surface area contributed by atoms with E-state index < -0.39 is 0 Å². The zero-order valence-electron chi connectivity index (χ0n) is 14.1. The summed E-state index contributed by atoms with van der Waals surface area (Å²) in [6, 6.07) is 2.80. The molecular weight excluding hydrogens is 324 g/mol. The molecule has 24 heavy (non-hydrogen) atoms. The zero-order valence-corrected chi connectivity index (χ0v) is 14.9. The summed E-state index contributed by atoms with van der Waals surface area (Å²) in [7, 11) is 0. The lowest BCUT2D eigenvalue weighted by Gasteiger charge is -2.34. The SMILES string of the molecule is Cc1cc2c(N3CCN(c4nc(C(C)C)no4)CC3)ncnc2s1. The normalized spacial score (nSPS) is 15.7. The Balaban J connectivity index is 1.51. The smallest absolute Gasteiger partial charge is 0.324 e. The molecule has 3 aromatic rings. The Morgan fingerprint density at radius 1 is 1.12 bits per heavy atom. The van der Waals surface area contributed by atoms with Crippen LogP contribution in [0, 0.1) is 6.92 Å². The lowest BCUT2D eigenvalue weighted by molar-refractivity contribution is 0.400.